The van der Waals surface area contributed by atoms with Crippen LogP contribution in [0.3, 0.4) is 0 Å². The lowest BCUT2D eigenvalue weighted by Gasteiger charge is -2.06. The average molecular weight is 236 g/mol. The van der Waals surface area contributed by atoms with E-state index in [9.17, 15) is 0 Å². The summed E-state index contributed by atoms with van der Waals surface area (Å²) in [6.45, 7) is 2.39. The number of rotatable bonds is 1. The second kappa shape index (κ2) is 5.18. The van der Waals surface area contributed by atoms with E-state index in [4.69, 9.17) is 0 Å². The van der Waals surface area contributed by atoms with E-state index >= 15 is 0 Å². The van der Waals surface area contributed by atoms with Crippen LogP contribution in [0.5, 0.6) is 0 Å². The van der Waals surface area contributed by atoms with Gasteiger partial charge in [0.15, 0.2) is 0 Å². The molecule has 2 aliphatic rings. The van der Waals surface area contributed by atoms with Gasteiger partial charge in [-0.05, 0) is 17.7 Å². The third-order valence-electron chi connectivity index (χ3n) is 3.51. The summed E-state index contributed by atoms with van der Waals surface area (Å²) in [6.07, 6.45) is 13.6. The molecule has 1 heterocycles. The lowest BCUT2D eigenvalue weighted by Crippen LogP contribution is -2.18. The van der Waals surface area contributed by atoms with Crippen LogP contribution in [0.4, 0.5) is 0 Å². The van der Waals surface area contributed by atoms with Crippen molar-refractivity contribution in [2.75, 3.05) is 13.1 Å². The molecule has 0 N–H and O–H groups in total. The van der Waals surface area contributed by atoms with Gasteiger partial charge in [0.25, 0.3) is 0 Å². The molecule has 1 fully saturated rings. The normalized spacial score (nSPS) is 21.0. The predicted molar refractivity (Wildman–Crippen MR) is 76.9 cm³/mol. The second-order valence-electron chi connectivity index (χ2n) is 4.81. The summed E-state index contributed by atoms with van der Waals surface area (Å²) in [5.74, 6) is 0. The highest BCUT2D eigenvalue weighted by molar-refractivity contribution is 6.11. The van der Waals surface area contributed by atoms with Gasteiger partial charge in [0, 0.05) is 24.5 Å². The van der Waals surface area contributed by atoms with Gasteiger partial charge in [-0.25, -0.2) is 4.58 Å². The van der Waals surface area contributed by atoms with Gasteiger partial charge < -0.3 is 0 Å². The molecular weight excluding hydrogens is 218 g/mol. The molecule has 1 saturated heterocycles. The Morgan fingerprint density at radius 1 is 0.889 bits per heavy atom. The molecule has 18 heavy (non-hydrogen) atoms. The Hall–Kier alpha value is -1.89. The maximum atomic E-state index is 2.49. The second-order valence-corrected chi connectivity index (χ2v) is 4.81. The van der Waals surface area contributed by atoms with Gasteiger partial charge in [-0.15, -0.1) is 0 Å². The maximum absolute atomic E-state index is 2.49. The minimum Gasteiger partial charge on any atom is -0.229 e. The van der Waals surface area contributed by atoms with Crippen molar-refractivity contribution >= 4 is 11.8 Å². The number of benzene rings is 1. The van der Waals surface area contributed by atoms with Gasteiger partial charge in [0.2, 0.25) is 5.71 Å². The monoisotopic (exact) mass is 236 g/mol. The predicted octanol–water partition coefficient (Wildman–Crippen LogP) is 3.44. The maximum Gasteiger partial charge on any atom is 0.207 e. The van der Waals surface area contributed by atoms with E-state index in [0.717, 1.165) is 0 Å². The summed E-state index contributed by atoms with van der Waals surface area (Å²) < 4.78 is 2.49. The minimum atomic E-state index is 1.19. The molecule has 3 rings (SSSR count). The zero-order valence-corrected chi connectivity index (χ0v) is 10.5. The average Bonchev–Trinajstić information content (AvgIpc) is 2.94. The third-order valence-corrected chi connectivity index (χ3v) is 3.51. The third kappa shape index (κ3) is 2.35. The zero-order chi connectivity index (χ0) is 12.2. The van der Waals surface area contributed by atoms with E-state index in [0.29, 0.717) is 0 Å². The minimum absolute atomic E-state index is 1.19. The van der Waals surface area contributed by atoms with Crippen molar-refractivity contribution in [2.45, 2.75) is 12.8 Å². The summed E-state index contributed by atoms with van der Waals surface area (Å²) in [7, 11) is 0. The largest absolute Gasteiger partial charge is 0.229 e. The molecule has 1 aliphatic carbocycles. The lowest BCUT2D eigenvalue weighted by molar-refractivity contribution is -0.504. The van der Waals surface area contributed by atoms with Crippen molar-refractivity contribution in [3.63, 3.8) is 0 Å². The Kier molecular flexibility index (Phi) is 3.22. The van der Waals surface area contributed by atoms with Crippen LogP contribution in [-0.4, -0.2) is 23.4 Å². The molecular formula is C17H18N+. The molecule has 0 bridgehead atoms. The van der Waals surface area contributed by atoms with Gasteiger partial charge in [-0.2, -0.15) is 0 Å². The van der Waals surface area contributed by atoms with Crippen molar-refractivity contribution in [1.29, 1.82) is 0 Å². The Balaban J connectivity index is 1.99. The van der Waals surface area contributed by atoms with Crippen LogP contribution < -0.4 is 0 Å². The molecule has 0 amide bonds. The Morgan fingerprint density at radius 3 is 2.39 bits per heavy atom. The van der Waals surface area contributed by atoms with Gasteiger partial charge >= 0.3 is 0 Å². The van der Waals surface area contributed by atoms with Crippen molar-refractivity contribution in [3.05, 3.63) is 65.8 Å². The number of nitrogens with zero attached hydrogens (tertiary/aromatic N) is 1. The van der Waals surface area contributed by atoms with Crippen LogP contribution in [0.15, 0.2) is 60.2 Å². The van der Waals surface area contributed by atoms with Crippen LogP contribution in [0.25, 0.3) is 6.08 Å². The summed E-state index contributed by atoms with van der Waals surface area (Å²) in [6, 6.07) is 10.5. The number of allylic oxidation sites excluding steroid dienone is 5. The van der Waals surface area contributed by atoms with Crippen molar-refractivity contribution in [3.8, 4) is 0 Å². The van der Waals surface area contributed by atoms with Gasteiger partial charge in [0.1, 0.15) is 13.1 Å². The smallest absolute Gasteiger partial charge is 0.207 e. The summed E-state index contributed by atoms with van der Waals surface area (Å²) in [4.78, 5) is 0. The van der Waals surface area contributed by atoms with Crippen molar-refractivity contribution in [1.82, 2.24) is 0 Å². The summed E-state index contributed by atoms with van der Waals surface area (Å²) in [5, 5.41) is 0. The van der Waals surface area contributed by atoms with Crippen LogP contribution in [0.1, 0.15) is 18.4 Å². The Morgan fingerprint density at radius 2 is 1.61 bits per heavy atom. The molecule has 1 heteroatoms. The molecule has 0 unspecified atom stereocenters. The highest BCUT2D eigenvalue weighted by Crippen LogP contribution is 2.16. The van der Waals surface area contributed by atoms with Gasteiger partial charge in [-0.3, -0.25) is 0 Å². The first-order valence-corrected chi connectivity index (χ1v) is 6.67. The molecule has 0 atom stereocenters. The highest BCUT2D eigenvalue weighted by atomic mass is 15.0. The summed E-state index contributed by atoms with van der Waals surface area (Å²) >= 11 is 0. The van der Waals surface area contributed by atoms with E-state index in [1.54, 1.807) is 0 Å². The molecule has 1 aromatic carbocycles. The molecule has 1 aromatic rings. The fourth-order valence-corrected chi connectivity index (χ4v) is 2.58. The van der Waals surface area contributed by atoms with Crippen molar-refractivity contribution < 1.29 is 4.58 Å². The standard InChI is InChI=1S/C17H18N/c1-2-8-15(9-3-1)14-16-10-4-5-11-17(16)18-12-6-7-13-18/h1-5,8-11,14H,6-7,12-13H2/q+1/b16-14+. The Labute approximate surface area is 108 Å². The van der Waals surface area contributed by atoms with Gasteiger partial charge in [-0.1, -0.05) is 42.5 Å². The quantitative estimate of drug-likeness (QED) is 0.657. The SMILES string of the molecule is C1=CC(=[N+]2CCCC2)/C(=C/c2ccccc2)C=C1. The van der Waals surface area contributed by atoms with Crippen LogP contribution in [0.2, 0.25) is 0 Å². The first kappa shape index (κ1) is 11.2. The topological polar surface area (TPSA) is 3.01 Å². The van der Waals surface area contributed by atoms with E-state index in [1.807, 2.05) is 0 Å². The lowest BCUT2D eigenvalue weighted by atomic mass is 10.0. The fraction of sp³-hybridized carbons (Fsp3) is 0.235. The first-order valence-electron chi connectivity index (χ1n) is 6.67. The van der Waals surface area contributed by atoms with Crippen LogP contribution in [0, 0.1) is 0 Å². The van der Waals surface area contributed by atoms with Gasteiger partial charge in [0.05, 0.1) is 0 Å². The van der Waals surface area contributed by atoms with E-state index in [2.05, 4.69) is 65.3 Å². The molecule has 0 aromatic heterocycles. The van der Waals surface area contributed by atoms with Crippen LogP contribution in [-0.2, 0) is 0 Å². The highest BCUT2D eigenvalue weighted by Gasteiger charge is 2.20. The zero-order valence-electron chi connectivity index (χ0n) is 10.5. The first-order chi connectivity index (χ1) is 8.93. The van der Waals surface area contributed by atoms with Crippen LogP contribution >= 0.6 is 0 Å². The molecule has 0 spiro atoms. The molecule has 0 saturated carbocycles. The Bertz CT molecular complexity index is 536. The molecule has 1 nitrogen and oxygen atoms in total. The molecule has 90 valence electrons. The fourth-order valence-electron chi connectivity index (χ4n) is 2.58. The van der Waals surface area contributed by atoms with E-state index in [1.165, 1.54) is 42.8 Å². The molecule has 0 radical (unpaired) electrons. The van der Waals surface area contributed by atoms with E-state index in [-0.39, 0.29) is 0 Å². The number of hydrogen-bond acceptors (Lipinski definition) is 0. The number of hydrogen-bond donors (Lipinski definition) is 0. The summed E-state index contributed by atoms with van der Waals surface area (Å²) in [5.41, 5.74) is 3.97. The molecule has 1 aliphatic heterocycles. The van der Waals surface area contributed by atoms with E-state index < -0.39 is 0 Å². The van der Waals surface area contributed by atoms with Crippen molar-refractivity contribution in [2.24, 2.45) is 0 Å².